The molecule has 0 atom stereocenters. The first-order valence-electron chi connectivity index (χ1n) is 5.49. The van der Waals surface area contributed by atoms with Crippen LogP contribution in [0.3, 0.4) is 0 Å². The summed E-state index contributed by atoms with van der Waals surface area (Å²) >= 11 is 0. The Labute approximate surface area is 116 Å². The number of carbonyl (C=O) groups excluding carboxylic acids is 1. The maximum Gasteiger partial charge on any atom is 0.340 e. The van der Waals surface area contributed by atoms with Crippen LogP contribution in [0.4, 0.5) is 22.1 Å². The quantitative estimate of drug-likeness (QED) is 0.424. The largest absolute Gasteiger partial charge is 0.378 e. The lowest BCUT2D eigenvalue weighted by Gasteiger charge is -1.99. The van der Waals surface area contributed by atoms with Crippen LogP contribution in [0.2, 0.25) is 0 Å². The molecule has 0 aliphatic carbocycles. The molecule has 0 unspecified atom stereocenters. The molecule has 0 aliphatic heterocycles. The molecule has 0 bridgehead atoms. The number of hydrogen-bond donors (Lipinski definition) is 3. The molecular formula is C10H9N7O4. The maximum absolute atomic E-state index is 11.4. The van der Waals surface area contributed by atoms with E-state index in [0.717, 1.165) is 0 Å². The molecule has 11 nitrogen and oxygen atoms in total. The number of amides is 2. The van der Waals surface area contributed by atoms with Crippen molar-refractivity contribution in [2.45, 2.75) is 0 Å². The minimum atomic E-state index is -0.699. The van der Waals surface area contributed by atoms with E-state index < -0.39 is 11.0 Å². The number of rotatable bonds is 4. The van der Waals surface area contributed by atoms with Crippen molar-refractivity contribution in [2.75, 3.05) is 11.1 Å². The highest BCUT2D eigenvalue weighted by atomic mass is 16.6. The summed E-state index contributed by atoms with van der Waals surface area (Å²) in [4.78, 5) is 21.4. The fourth-order valence-corrected chi connectivity index (χ4v) is 1.27. The highest BCUT2D eigenvalue weighted by Crippen LogP contribution is 2.11. The topological polar surface area (TPSA) is 162 Å². The Balaban J connectivity index is 1.88. The van der Waals surface area contributed by atoms with Crippen LogP contribution >= 0.6 is 0 Å². The third-order valence-corrected chi connectivity index (χ3v) is 2.23. The number of nitro benzene ring substituents is 1. The van der Waals surface area contributed by atoms with Gasteiger partial charge in [-0.25, -0.2) is 14.8 Å². The molecule has 108 valence electrons. The van der Waals surface area contributed by atoms with Gasteiger partial charge in [-0.1, -0.05) is 0 Å². The van der Waals surface area contributed by atoms with E-state index in [0.29, 0.717) is 5.56 Å². The summed E-state index contributed by atoms with van der Waals surface area (Å²) < 4.78 is 4.29. The molecule has 1 aromatic heterocycles. The molecule has 1 aromatic carbocycles. The van der Waals surface area contributed by atoms with Gasteiger partial charge >= 0.3 is 6.03 Å². The number of nitrogens with two attached hydrogens (primary N) is 1. The van der Waals surface area contributed by atoms with Crippen molar-refractivity contribution < 1.29 is 14.3 Å². The monoisotopic (exact) mass is 291 g/mol. The number of urea groups is 1. The van der Waals surface area contributed by atoms with Crippen molar-refractivity contribution in [1.29, 1.82) is 0 Å². The summed E-state index contributed by atoms with van der Waals surface area (Å²) in [7, 11) is 0. The SMILES string of the molecule is Nc1nonc1NC(=O)N/N=C/c1ccc([N+](=O)[O-])cc1. The fourth-order valence-electron chi connectivity index (χ4n) is 1.27. The molecule has 4 N–H and O–H groups in total. The second-order valence-corrected chi connectivity index (χ2v) is 3.67. The van der Waals surface area contributed by atoms with Crippen molar-refractivity contribution in [3.05, 3.63) is 39.9 Å². The molecule has 0 saturated carbocycles. The Hall–Kier alpha value is -3.50. The molecule has 0 spiro atoms. The summed E-state index contributed by atoms with van der Waals surface area (Å²) in [6.07, 6.45) is 1.31. The molecule has 0 fully saturated rings. The van der Waals surface area contributed by atoms with Crippen molar-refractivity contribution in [1.82, 2.24) is 15.7 Å². The Morgan fingerprint density at radius 1 is 1.38 bits per heavy atom. The maximum atomic E-state index is 11.4. The number of nitro groups is 1. The first kappa shape index (κ1) is 13.9. The van der Waals surface area contributed by atoms with Crippen LogP contribution in [0.25, 0.3) is 0 Å². The van der Waals surface area contributed by atoms with Crippen LogP contribution in [-0.2, 0) is 0 Å². The van der Waals surface area contributed by atoms with Gasteiger partial charge in [0.25, 0.3) is 5.69 Å². The minimum absolute atomic E-state index is 0.0296. The van der Waals surface area contributed by atoms with Crippen LogP contribution in [0, 0.1) is 10.1 Å². The standard InChI is InChI=1S/C10H9N7O4/c11-8-9(16-21-15-8)13-10(18)14-12-5-6-1-3-7(4-2-6)17(19)20/h1-5H,(H2,11,15)(H2,13,14,16,18)/b12-5+. The van der Waals surface area contributed by atoms with Crippen LogP contribution in [0.1, 0.15) is 5.56 Å². The molecule has 11 heteroatoms. The van der Waals surface area contributed by atoms with Crippen molar-refractivity contribution >= 4 is 29.6 Å². The molecule has 0 radical (unpaired) electrons. The van der Waals surface area contributed by atoms with E-state index >= 15 is 0 Å². The van der Waals surface area contributed by atoms with E-state index in [-0.39, 0.29) is 17.3 Å². The van der Waals surface area contributed by atoms with Gasteiger partial charge in [0.2, 0.25) is 11.6 Å². The molecule has 2 aromatic rings. The Bertz CT molecular complexity index is 679. The van der Waals surface area contributed by atoms with Crippen molar-refractivity contribution in [2.24, 2.45) is 5.10 Å². The average Bonchev–Trinajstić information content (AvgIpc) is 2.85. The molecule has 2 rings (SSSR count). The number of nitrogens with one attached hydrogen (secondary N) is 2. The lowest BCUT2D eigenvalue weighted by atomic mass is 10.2. The Kier molecular flexibility index (Phi) is 4.04. The summed E-state index contributed by atoms with van der Waals surface area (Å²) in [6, 6.07) is 4.92. The number of hydrazone groups is 1. The van der Waals surface area contributed by atoms with Gasteiger partial charge in [0.1, 0.15) is 0 Å². The van der Waals surface area contributed by atoms with Gasteiger partial charge < -0.3 is 5.73 Å². The molecule has 21 heavy (non-hydrogen) atoms. The number of aromatic nitrogens is 2. The zero-order chi connectivity index (χ0) is 15.2. The van der Waals surface area contributed by atoms with E-state index in [1.165, 1.54) is 30.5 Å². The fraction of sp³-hybridized carbons (Fsp3) is 0. The summed E-state index contributed by atoms with van der Waals surface area (Å²) in [6.45, 7) is 0. The number of carbonyl (C=O) groups is 1. The normalized spacial score (nSPS) is 10.5. The first-order valence-corrected chi connectivity index (χ1v) is 5.49. The van der Waals surface area contributed by atoms with E-state index in [4.69, 9.17) is 5.73 Å². The summed E-state index contributed by atoms with van der Waals surface area (Å²) in [5.41, 5.74) is 8.04. The minimum Gasteiger partial charge on any atom is -0.378 e. The summed E-state index contributed by atoms with van der Waals surface area (Å²) in [5.74, 6) is -0.0949. The summed E-state index contributed by atoms with van der Waals surface area (Å²) in [5, 5.41) is 23.0. The van der Waals surface area contributed by atoms with Crippen LogP contribution in [0.15, 0.2) is 34.0 Å². The predicted octanol–water partition coefficient (Wildman–Crippen LogP) is 0.716. The number of non-ortho nitro benzene ring substituents is 1. The highest BCUT2D eigenvalue weighted by Gasteiger charge is 2.09. The number of nitrogens with zero attached hydrogens (tertiary/aromatic N) is 4. The van der Waals surface area contributed by atoms with Gasteiger partial charge in [0.15, 0.2) is 0 Å². The van der Waals surface area contributed by atoms with Gasteiger partial charge in [-0.2, -0.15) is 5.10 Å². The lowest BCUT2D eigenvalue weighted by Crippen LogP contribution is -2.24. The third-order valence-electron chi connectivity index (χ3n) is 2.23. The average molecular weight is 291 g/mol. The van der Waals surface area contributed by atoms with Crippen LogP contribution in [-0.4, -0.2) is 27.5 Å². The van der Waals surface area contributed by atoms with E-state index in [1.54, 1.807) is 0 Å². The highest BCUT2D eigenvalue weighted by molar-refractivity contribution is 5.91. The van der Waals surface area contributed by atoms with E-state index in [9.17, 15) is 14.9 Å². The van der Waals surface area contributed by atoms with Gasteiger partial charge in [-0.05, 0) is 28.0 Å². The first-order chi connectivity index (χ1) is 10.1. The molecule has 0 aliphatic rings. The van der Waals surface area contributed by atoms with Gasteiger partial charge in [0.05, 0.1) is 11.1 Å². The van der Waals surface area contributed by atoms with Crippen LogP contribution < -0.4 is 16.5 Å². The molecule has 1 heterocycles. The number of anilines is 2. The Morgan fingerprint density at radius 2 is 2.10 bits per heavy atom. The molecule has 0 saturated heterocycles. The number of benzene rings is 1. The second-order valence-electron chi connectivity index (χ2n) is 3.67. The zero-order valence-corrected chi connectivity index (χ0v) is 10.4. The predicted molar refractivity (Wildman–Crippen MR) is 71.6 cm³/mol. The third kappa shape index (κ3) is 3.73. The van der Waals surface area contributed by atoms with E-state index in [1.807, 2.05) is 0 Å². The zero-order valence-electron chi connectivity index (χ0n) is 10.4. The van der Waals surface area contributed by atoms with Gasteiger partial charge in [-0.15, -0.1) is 0 Å². The Morgan fingerprint density at radius 3 is 2.67 bits per heavy atom. The lowest BCUT2D eigenvalue weighted by molar-refractivity contribution is -0.384. The van der Waals surface area contributed by atoms with Gasteiger partial charge in [-0.3, -0.25) is 15.4 Å². The van der Waals surface area contributed by atoms with Gasteiger partial charge in [0, 0.05) is 12.1 Å². The molecule has 2 amide bonds. The van der Waals surface area contributed by atoms with Crippen molar-refractivity contribution in [3.8, 4) is 0 Å². The van der Waals surface area contributed by atoms with Crippen LogP contribution in [0.5, 0.6) is 0 Å². The molecular weight excluding hydrogens is 282 g/mol. The second kappa shape index (κ2) is 6.10. The van der Waals surface area contributed by atoms with Crippen molar-refractivity contribution in [3.63, 3.8) is 0 Å². The number of hydrogen-bond acceptors (Lipinski definition) is 8. The van der Waals surface area contributed by atoms with E-state index in [2.05, 4.69) is 30.8 Å². The smallest absolute Gasteiger partial charge is 0.340 e. The number of nitrogen functional groups attached to an aromatic ring is 1.